The van der Waals surface area contributed by atoms with Crippen LogP contribution in [0.1, 0.15) is 43.3 Å². The van der Waals surface area contributed by atoms with E-state index in [0.29, 0.717) is 11.8 Å². The molecule has 2 aliphatic rings. The van der Waals surface area contributed by atoms with Gasteiger partial charge < -0.3 is 9.42 Å². The first kappa shape index (κ1) is 8.88. The fourth-order valence-corrected chi connectivity index (χ4v) is 1.81. The molecule has 80 valence electrons. The molecule has 15 heavy (non-hydrogen) atoms. The van der Waals surface area contributed by atoms with Crippen LogP contribution in [-0.2, 0) is 4.79 Å². The van der Waals surface area contributed by atoms with E-state index in [9.17, 15) is 4.79 Å². The molecule has 2 heterocycles. The molecule has 1 saturated heterocycles. The van der Waals surface area contributed by atoms with Gasteiger partial charge in [0.2, 0.25) is 11.8 Å². The van der Waals surface area contributed by atoms with Crippen molar-refractivity contribution in [3.05, 3.63) is 11.7 Å². The number of nitrogens with zero attached hydrogens (tertiary/aromatic N) is 3. The Morgan fingerprint density at radius 1 is 1.40 bits per heavy atom. The number of amides is 1. The van der Waals surface area contributed by atoms with Gasteiger partial charge in [0.05, 0.1) is 5.92 Å². The Labute approximate surface area is 87.4 Å². The molecule has 1 aliphatic heterocycles. The van der Waals surface area contributed by atoms with E-state index >= 15 is 0 Å². The van der Waals surface area contributed by atoms with Gasteiger partial charge in [-0.2, -0.15) is 4.98 Å². The van der Waals surface area contributed by atoms with Gasteiger partial charge in [-0.05, 0) is 12.8 Å². The zero-order valence-corrected chi connectivity index (χ0v) is 8.64. The number of hydrogen-bond donors (Lipinski definition) is 0. The lowest BCUT2D eigenvalue weighted by atomic mass is 10.0. The molecule has 5 heteroatoms. The van der Waals surface area contributed by atoms with Gasteiger partial charge in [0.1, 0.15) is 0 Å². The molecule has 5 nitrogen and oxygen atoms in total. The van der Waals surface area contributed by atoms with Gasteiger partial charge in [0.15, 0.2) is 5.82 Å². The van der Waals surface area contributed by atoms with E-state index in [2.05, 4.69) is 10.1 Å². The Morgan fingerprint density at radius 2 is 2.13 bits per heavy atom. The lowest BCUT2D eigenvalue weighted by molar-refractivity contribution is -0.133. The summed E-state index contributed by atoms with van der Waals surface area (Å²) in [6.45, 7) is 3.03. The van der Waals surface area contributed by atoms with Crippen LogP contribution in [0.4, 0.5) is 0 Å². The van der Waals surface area contributed by atoms with Crippen LogP contribution in [0.15, 0.2) is 4.52 Å². The second-order valence-electron chi connectivity index (χ2n) is 4.39. The van der Waals surface area contributed by atoms with E-state index in [1.807, 2.05) is 0 Å². The molecule has 3 rings (SSSR count). The molecular weight excluding hydrogens is 194 g/mol. The van der Waals surface area contributed by atoms with Crippen molar-refractivity contribution in [1.29, 1.82) is 0 Å². The van der Waals surface area contributed by atoms with Crippen LogP contribution >= 0.6 is 0 Å². The third-order valence-electron chi connectivity index (χ3n) is 3.08. The molecule has 0 atom stereocenters. The summed E-state index contributed by atoms with van der Waals surface area (Å²) in [5, 5.41) is 3.96. The van der Waals surface area contributed by atoms with Gasteiger partial charge in [0.25, 0.3) is 0 Å². The van der Waals surface area contributed by atoms with Gasteiger partial charge in [0, 0.05) is 25.9 Å². The summed E-state index contributed by atoms with van der Waals surface area (Å²) in [7, 11) is 0. The minimum Gasteiger partial charge on any atom is -0.341 e. The van der Waals surface area contributed by atoms with Crippen molar-refractivity contribution in [3.8, 4) is 0 Å². The summed E-state index contributed by atoms with van der Waals surface area (Å²) >= 11 is 0. The second-order valence-corrected chi connectivity index (χ2v) is 4.39. The van der Waals surface area contributed by atoms with Crippen LogP contribution in [-0.4, -0.2) is 34.0 Å². The first-order chi connectivity index (χ1) is 7.24. The molecule has 1 aliphatic carbocycles. The van der Waals surface area contributed by atoms with Crippen molar-refractivity contribution in [1.82, 2.24) is 15.0 Å². The summed E-state index contributed by atoms with van der Waals surface area (Å²) in [4.78, 5) is 17.1. The molecule has 0 N–H and O–H groups in total. The Kier molecular flexibility index (Phi) is 1.81. The van der Waals surface area contributed by atoms with E-state index in [1.165, 1.54) is 12.8 Å². The summed E-state index contributed by atoms with van der Waals surface area (Å²) in [5.74, 6) is 2.47. The highest BCUT2D eigenvalue weighted by atomic mass is 16.5. The predicted octanol–water partition coefficient (Wildman–Crippen LogP) is 0.893. The Balaban J connectivity index is 1.65. The minimum atomic E-state index is 0.119. The van der Waals surface area contributed by atoms with Crippen molar-refractivity contribution in [2.45, 2.75) is 31.6 Å². The lowest BCUT2D eigenvalue weighted by Crippen LogP contribution is -2.47. The van der Waals surface area contributed by atoms with E-state index in [0.717, 1.165) is 18.9 Å². The second kappa shape index (κ2) is 3.05. The first-order valence-electron chi connectivity index (χ1n) is 5.33. The van der Waals surface area contributed by atoms with E-state index in [4.69, 9.17) is 4.52 Å². The van der Waals surface area contributed by atoms with Crippen LogP contribution in [0.2, 0.25) is 0 Å². The summed E-state index contributed by atoms with van der Waals surface area (Å²) < 4.78 is 5.20. The number of carbonyl (C=O) groups excluding carboxylic acids is 1. The van der Waals surface area contributed by atoms with Crippen molar-refractivity contribution in [2.24, 2.45) is 0 Å². The Hall–Kier alpha value is -1.39. The highest BCUT2D eigenvalue weighted by Crippen LogP contribution is 2.39. The lowest BCUT2D eigenvalue weighted by Gasteiger charge is -2.36. The monoisotopic (exact) mass is 207 g/mol. The summed E-state index contributed by atoms with van der Waals surface area (Å²) in [6.07, 6.45) is 2.37. The fourth-order valence-electron chi connectivity index (χ4n) is 1.81. The van der Waals surface area contributed by atoms with Crippen molar-refractivity contribution in [3.63, 3.8) is 0 Å². The predicted molar refractivity (Wildman–Crippen MR) is 51.3 cm³/mol. The fraction of sp³-hybridized carbons (Fsp3) is 0.700. The summed E-state index contributed by atoms with van der Waals surface area (Å²) in [5.41, 5.74) is 0. The van der Waals surface area contributed by atoms with Crippen molar-refractivity contribution in [2.75, 3.05) is 13.1 Å². The van der Waals surface area contributed by atoms with E-state index in [1.54, 1.807) is 11.8 Å². The molecule has 2 fully saturated rings. The third-order valence-corrected chi connectivity index (χ3v) is 3.08. The molecular formula is C10H13N3O2. The number of rotatable bonds is 2. The van der Waals surface area contributed by atoms with Gasteiger partial charge >= 0.3 is 0 Å². The van der Waals surface area contributed by atoms with Crippen molar-refractivity contribution < 1.29 is 9.32 Å². The van der Waals surface area contributed by atoms with Crippen LogP contribution in [0, 0.1) is 0 Å². The van der Waals surface area contributed by atoms with Gasteiger partial charge in [-0.1, -0.05) is 5.16 Å². The van der Waals surface area contributed by atoms with Gasteiger partial charge in [-0.25, -0.2) is 0 Å². The average Bonchev–Trinajstić information content (AvgIpc) is 2.84. The maximum Gasteiger partial charge on any atom is 0.233 e. The molecule has 1 amide bonds. The normalized spacial score (nSPS) is 21.5. The molecule has 0 radical (unpaired) electrons. The topological polar surface area (TPSA) is 59.2 Å². The van der Waals surface area contributed by atoms with E-state index in [-0.39, 0.29) is 11.8 Å². The Bertz CT molecular complexity index is 391. The molecule has 0 unspecified atom stereocenters. The third kappa shape index (κ3) is 1.52. The first-order valence-corrected chi connectivity index (χ1v) is 5.33. The van der Waals surface area contributed by atoms with Crippen LogP contribution < -0.4 is 0 Å². The molecule has 1 saturated carbocycles. The SMILES string of the molecule is CC(=O)N1CC(c2nc(C3CC3)no2)C1. The summed E-state index contributed by atoms with van der Waals surface area (Å²) in [6, 6.07) is 0. The molecule has 0 bridgehead atoms. The van der Waals surface area contributed by atoms with Crippen molar-refractivity contribution >= 4 is 5.91 Å². The maximum atomic E-state index is 11.0. The largest absolute Gasteiger partial charge is 0.341 e. The number of hydrogen-bond acceptors (Lipinski definition) is 4. The number of likely N-dealkylation sites (tertiary alicyclic amines) is 1. The number of carbonyl (C=O) groups is 1. The molecule has 0 aromatic carbocycles. The smallest absolute Gasteiger partial charge is 0.233 e. The van der Waals surface area contributed by atoms with E-state index < -0.39 is 0 Å². The molecule has 0 spiro atoms. The van der Waals surface area contributed by atoms with Crippen LogP contribution in [0.5, 0.6) is 0 Å². The zero-order chi connectivity index (χ0) is 10.4. The molecule has 1 aromatic heterocycles. The van der Waals surface area contributed by atoms with Gasteiger partial charge in [-0.15, -0.1) is 0 Å². The zero-order valence-electron chi connectivity index (χ0n) is 8.64. The van der Waals surface area contributed by atoms with Gasteiger partial charge in [-0.3, -0.25) is 4.79 Å². The quantitative estimate of drug-likeness (QED) is 0.722. The minimum absolute atomic E-state index is 0.119. The Morgan fingerprint density at radius 3 is 2.73 bits per heavy atom. The highest BCUT2D eigenvalue weighted by molar-refractivity contribution is 5.74. The highest BCUT2D eigenvalue weighted by Gasteiger charge is 2.36. The number of aromatic nitrogens is 2. The van der Waals surface area contributed by atoms with Crippen LogP contribution in [0.3, 0.4) is 0 Å². The van der Waals surface area contributed by atoms with Crippen LogP contribution in [0.25, 0.3) is 0 Å². The standard InChI is InChI=1S/C10H13N3O2/c1-6(14)13-4-8(5-13)10-11-9(12-15-10)7-2-3-7/h7-8H,2-5H2,1H3. The average molecular weight is 207 g/mol. The molecule has 1 aromatic rings. The maximum absolute atomic E-state index is 11.0.